The standard InChI is InChI=1S/C26H24N4O3S.HNO/c1-19-9-14-25(26(16-19)34(31,32)30-24-8-4-3-6-20(24)2)29-28-17-21-10-12-22(13-11-21)33-23-7-5-15-27-18-23;1-2/h3-18,29-30H,1-2H3;1H/b28-17+;. The maximum Gasteiger partial charge on any atom is 0.264 e. The maximum absolute atomic E-state index is 13.1. The summed E-state index contributed by atoms with van der Waals surface area (Å²) in [4.78, 5) is 11.6. The smallest absolute Gasteiger partial charge is 0.264 e. The van der Waals surface area contributed by atoms with Crippen LogP contribution in [0.5, 0.6) is 11.5 Å². The molecule has 4 rings (SSSR count). The van der Waals surface area contributed by atoms with Gasteiger partial charge >= 0.3 is 0 Å². The second kappa shape index (κ2) is 12.2. The van der Waals surface area contributed by atoms with Crippen molar-refractivity contribution in [3.05, 3.63) is 113 Å². The van der Waals surface area contributed by atoms with Crippen molar-refractivity contribution in [1.29, 1.82) is 5.59 Å². The van der Waals surface area contributed by atoms with Crippen molar-refractivity contribution in [2.75, 3.05) is 10.1 Å². The van der Waals surface area contributed by atoms with Gasteiger partial charge in [0, 0.05) is 6.20 Å². The highest BCUT2D eigenvalue weighted by Gasteiger charge is 2.19. The number of hydrazone groups is 1. The van der Waals surface area contributed by atoms with Gasteiger partial charge in [-0.25, -0.2) is 8.42 Å². The molecule has 0 aliphatic carbocycles. The van der Waals surface area contributed by atoms with E-state index >= 15 is 0 Å². The van der Waals surface area contributed by atoms with Crippen molar-refractivity contribution < 1.29 is 13.2 Å². The number of nitrogens with zero attached hydrogens (tertiary/aromatic N) is 2. The molecule has 0 fully saturated rings. The predicted molar refractivity (Wildman–Crippen MR) is 141 cm³/mol. The summed E-state index contributed by atoms with van der Waals surface area (Å²) in [7, 11) is -3.83. The summed E-state index contributed by atoms with van der Waals surface area (Å²) in [5.41, 5.74) is 10.7. The first-order valence-electron chi connectivity index (χ1n) is 10.8. The molecule has 0 bridgehead atoms. The lowest BCUT2D eigenvalue weighted by Crippen LogP contribution is -2.15. The number of aromatic nitrogens is 1. The first-order chi connectivity index (χ1) is 17.4. The summed E-state index contributed by atoms with van der Waals surface area (Å²) >= 11 is 0. The molecule has 0 spiro atoms. The van der Waals surface area contributed by atoms with Crippen molar-refractivity contribution in [2.45, 2.75) is 18.7 Å². The second-order valence-electron chi connectivity index (χ2n) is 7.65. The highest BCUT2D eigenvalue weighted by molar-refractivity contribution is 7.92. The van der Waals surface area contributed by atoms with E-state index in [0.29, 0.717) is 22.9 Å². The number of pyridine rings is 1. The highest BCUT2D eigenvalue weighted by atomic mass is 32.2. The summed E-state index contributed by atoms with van der Waals surface area (Å²) < 4.78 is 34.7. The molecule has 36 heavy (non-hydrogen) atoms. The Kier molecular flexibility index (Phi) is 8.84. The number of hydrogen-bond donors (Lipinski definition) is 3. The number of nitroso groups, excluding NO2 is 1. The molecule has 10 heteroatoms. The van der Waals surface area contributed by atoms with Crippen molar-refractivity contribution in [3.63, 3.8) is 0 Å². The van der Waals surface area contributed by atoms with Crippen LogP contribution in [0, 0.1) is 24.3 Å². The van der Waals surface area contributed by atoms with Crippen molar-refractivity contribution in [3.8, 4) is 11.5 Å². The maximum atomic E-state index is 13.1. The average molecular weight is 504 g/mol. The number of nitrogens with one attached hydrogen (secondary N) is 3. The van der Waals surface area contributed by atoms with Crippen molar-refractivity contribution >= 4 is 27.6 Å². The van der Waals surface area contributed by atoms with E-state index in [2.05, 4.69) is 25.8 Å². The largest absolute Gasteiger partial charge is 0.456 e. The number of sulfonamides is 1. The highest BCUT2D eigenvalue weighted by Crippen LogP contribution is 2.26. The van der Waals surface area contributed by atoms with E-state index in [1.807, 2.05) is 62.4 Å². The van der Waals surface area contributed by atoms with Crippen LogP contribution in [0.25, 0.3) is 0 Å². The SMILES string of the molecule is Cc1ccc(N/N=C/c2ccc(Oc3cccnc3)cc2)c(S(=O)(=O)Nc2ccccc2C)c1.N=O. The summed E-state index contributed by atoms with van der Waals surface area (Å²) in [5, 5.41) is 4.24. The number of hydrogen-bond acceptors (Lipinski definition) is 8. The van der Waals surface area contributed by atoms with Crippen LogP contribution in [0.3, 0.4) is 0 Å². The Balaban J connectivity index is 0.00000176. The lowest BCUT2D eigenvalue weighted by atomic mass is 10.2. The minimum absolute atomic E-state index is 0.119. The number of anilines is 2. The molecule has 1 heterocycles. The molecular weight excluding hydrogens is 478 g/mol. The lowest BCUT2D eigenvalue weighted by molar-refractivity contribution is 0.480. The van der Waals surface area contributed by atoms with Gasteiger partial charge in [0.2, 0.25) is 0 Å². The molecule has 1 aromatic heterocycles. The molecule has 0 saturated heterocycles. The molecular formula is C26H25N5O4S. The van der Waals surface area contributed by atoms with Crippen LogP contribution in [-0.2, 0) is 10.0 Å². The van der Waals surface area contributed by atoms with Gasteiger partial charge in [-0.1, -0.05) is 29.9 Å². The molecule has 0 amide bonds. The molecule has 0 unspecified atom stereocenters. The fourth-order valence-electron chi connectivity index (χ4n) is 3.17. The summed E-state index contributed by atoms with van der Waals surface area (Å²) in [6.07, 6.45) is 4.93. The molecule has 4 aromatic rings. The van der Waals surface area contributed by atoms with Gasteiger partial charge in [-0.15, -0.1) is 0 Å². The number of para-hydroxylation sites is 1. The van der Waals surface area contributed by atoms with Crippen molar-refractivity contribution in [2.24, 2.45) is 5.10 Å². The van der Waals surface area contributed by atoms with Gasteiger partial charge in [0.1, 0.15) is 16.4 Å². The first-order valence-corrected chi connectivity index (χ1v) is 12.3. The fraction of sp³-hybridized carbons (Fsp3) is 0.0769. The Bertz CT molecular complexity index is 1430. The Morgan fingerprint density at radius 3 is 2.33 bits per heavy atom. The third-order valence-corrected chi connectivity index (χ3v) is 6.37. The molecule has 0 atom stereocenters. The quantitative estimate of drug-likeness (QED) is 0.152. The van der Waals surface area contributed by atoms with E-state index in [4.69, 9.17) is 9.64 Å². The topological polar surface area (TPSA) is 134 Å². The Morgan fingerprint density at radius 2 is 1.64 bits per heavy atom. The zero-order valence-electron chi connectivity index (χ0n) is 19.7. The van der Waals surface area contributed by atoms with Crippen molar-refractivity contribution in [1.82, 2.24) is 4.98 Å². The first kappa shape index (κ1) is 26.0. The molecule has 9 nitrogen and oxygen atoms in total. The van der Waals surface area contributed by atoms with Crippen LogP contribution < -0.4 is 14.9 Å². The third kappa shape index (κ3) is 6.97. The Hall–Kier alpha value is -4.57. The monoisotopic (exact) mass is 503 g/mol. The zero-order chi connectivity index (χ0) is 26.0. The Morgan fingerprint density at radius 1 is 0.889 bits per heavy atom. The van der Waals surface area contributed by atoms with Crippen LogP contribution >= 0.6 is 0 Å². The number of aryl methyl sites for hydroxylation is 2. The van der Waals surface area contributed by atoms with E-state index < -0.39 is 10.0 Å². The van der Waals surface area contributed by atoms with E-state index in [1.54, 1.807) is 48.9 Å². The van der Waals surface area contributed by atoms with Gasteiger partial charge in [-0.05, 0) is 85.1 Å². The molecule has 3 aromatic carbocycles. The van der Waals surface area contributed by atoms with Crippen LogP contribution in [0.2, 0.25) is 0 Å². The van der Waals surface area contributed by atoms with Gasteiger partial charge in [0.05, 0.1) is 23.8 Å². The minimum Gasteiger partial charge on any atom is -0.456 e. The minimum atomic E-state index is -3.83. The van der Waals surface area contributed by atoms with Gasteiger partial charge in [-0.2, -0.15) is 10.0 Å². The van der Waals surface area contributed by atoms with Crippen LogP contribution in [0.1, 0.15) is 16.7 Å². The number of ether oxygens (including phenoxy) is 1. The van der Waals surface area contributed by atoms with Crippen LogP contribution in [0.4, 0.5) is 11.4 Å². The van der Waals surface area contributed by atoms with Gasteiger partial charge in [0.25, 0.3) is 10.0 Å². The average Bonchev–Trinajstić information content (AvgIpc) is 2.89. The fourth-order valence-corrected chi connectivity index (χ4v) is 4.55. The number of benzene rings is 3. The summed E-state index contributed by atoms with van der Waals surface area (Å²) in [6, 6.07) is 23.3. The van der Waals surface area contributed by atoms with Gasteiger partial charge < -0.3 is 4.74 Å². The predicted octanol–water partition coefficient (Wildman–Crippen LogP) is 6.07. The zero-order valence-corrected chi connectivity index (χ0v) is 20.5. The molecule has 0 aliphatic rings. The van der Waals surface area contributed by atoms with E-state index in [9.17, 15) is 8.42 Å². The number of rotatable bonds is 8. The molecule has 0 aliphatic heterocycles. The van der Waals surface area contributed by atoms with E-state index in [0.717, 1.165) is 16.7 Å². The normalized spacial score (nSPS) is 10.8. The molecule has 0 saturated carbocycles. The van der Waals surface area contributed by atoms with E-state index in [1.165, 1.54) is 0 Å². The lowest BCUT2D eigenvalue weighted by Gasteiger charge is -2.14. The van der Waals surface area contributed by atoms with Crippen LogP contribution in [-0.4, -0.2) is 19.6 Å². The summed E-state index contributed by atoms with van der Waals surface area (Å²) in [6.45, 7) is 3.69. The molecule has 3 N–H and O–H groups in total. The van der Waals surface area contributed by atoms with Crippen LogP contribution in [0.15, 0.2) is 101 Å². The van der Waals surface area contributed by atoms with Gasteiger partial charge in [-0.3, -0.25) is 15.1 Å². The molecule has 0 radical (unpaired) electrons. The third-order valence-electron chi connectivity index (χ3n) is 4.96. The second-order valence-corrected chi connectivity index (χ2v) is 9.30. The molecule has 184 valence electrons. The van der Waals surface area contributed by atoms with E-state index in [-0.39, 0.29) is 4.90 Å². The van der Waals surface area contributed by atoms with Gasteiger partial charge in [0.15, 0.2) is 0 Å². The summed E-state index contributed by atoms with van der Waals surface area (Å²) in [5.74, 6) is 1.32. The Labute approximate surface area is 209 Å².